The Balaban J connectivity index is 2.08. The van der Waals surface area contributed by atoms with E-state index < -0.39 is 5.92 Å². The van der Waals surface area contributed by atoms with Crippen LogP contribution in [0.2, 0.25) is 0 Å². The van der Waals surface area contributed by atoms with Gasteiger partial charge in [0, 0.05) is 0 Å². The van der Waals surface area contributed by atoms with E-state index >= 15 is 0 Å². The molecule has 0 aliphatic heterocycles. The maximum Gasteiger partial charge on any atom is 0.315 e. The third kappa shape index (κ3) is 4.57. The molecule has 23 heavy (non-hydrogen) atoms. The van der Waals surface area contributed by atoms with Crippen LogP contribution in [-0.2, 0) is 14.3 Å². The molecule has 1 saturated carbocycles. The van der Waals surface area contributed by atoms with E-state index in [-0.39, 0.29) is 17.9 Å². The summed E-state index contributed by atoms with van der Waals surface area (Å²) in [6.45, 7) is 6.24. The molecule has 1 aliphatic rings. The molecule has 0 N–H and O–H groups in total. The van der Waals surface area contributed by atoms with Crippen LogP contribution >= 0.6 is 0 Å². The smallest absolute Gasteiger partial charge is 0.315 e. The monoisotopic (exact) mass is 318 g/mol. The first-order chi connectivity index (χ1) is 11.0. The van der Waals surface area contributed by atoms with Gasteiger partial charge in [-0.15, -0.1) is 0 Å². The van der Waals surface area contributed by atoms with Crippen LogP contribution in [0.25, 0.3) is 0 Å². The minimum Gasteiger partial charge on any atom is -0.465 e. The van der Waals surface area contributed by atoms with Gasteiger partial charge in [-0.3, -0.25) is 9.59 Å². The summed E-state index contributed by atoms with van der Waals surface area (Å²) in [6.07, 6.45) is 4.09. The molecule has 2 unspecified atom stereocenters. The van der Waals surface area contributed by atoms with Gasteiger partial charge in [-0.1, -0.05) is 31.9 Å². The quantitative estimate of drug-likeness (QED) is 0.609. The Bertz CT molecular complexity index is 564. The minimum absolute atomic E-state index is 0.255. The normalized spacial score (nSPS) is 20.8. The van der Waals surface area contributed by atoms with Gasteiger partial charge < -0.3 is 9.47 Å². The number of carbonyl (C=O) groups excluding carboxylic acids is 2. The van der Waals surface area contributed by atoms with Crippen molar-refractivity contribution in [3.8, 4) is 5.75 Å². The van der Waals surface area contributed by atoms with E-state index in [1.54, 1.807) is 0 Å². The van der Waals surface area contributed by atoms with Crippen molar-refractivity contribution in [2.24, 2.45) is 11.8 Å². The summed E-state index contributed by atoms with van der Waals surface area (Å²) in [4.78, 5) is 24.8. The largest absolute Gasteiger partial charge is 0.465 e. The van der Waals surface area contributed by atoms with Gasteiger partial charge in [0.15, 0.2) is 0 Å². The molecule has 0 saturated heterocycles. The Labute approximate surface area is 138 Å². The third-order valence-corrected chi connectivity index (χ3v) is 4.37. The zero-order valence-corrected chi connectivity index (χ0v) is 14.3. The molecule has 0 radical (unpaired) electrons. The van der Waals surface area contributed by atoms with Crippen LogP contribution in [0.3, 0.4) is 0 Å². The predicted molar refractivity (Wildman–Crippen MR) is 88.2 cm³/mol. The van der Waals surface area contributed by atoms with Crippen LogP contribution in [-0.4, -0.2) is 18.5 Å². The Morgan fingerprint density at radius 3 is 2.39 bits per heavy atom. The lowest BCUT2D eigenvalue weighted by Gasteiger charge is -2.28. The highest BCUT2D eigenvalue weighted by Gasteiger charge is 2.38. The lowest BCUT2D eigenvalue weighted by Crippen LogP contribution is -2.36. The Hall–Kier alpha value is -1.84. The van der Waals surface area contributed by atoms with Crippen molar-refractivity contribution >= 4 is 11.9 Å². The van der Waals surface area contributed by atoms with Gasteiger partial charge in [-0.2, -0.15) is 0 Å². The van der Waals surface area contributed by atoms with Crippen molar-refractivity contribution in [1.29, 1.82) is 0 Å². The van der Waals surface area contributed by atoms with Gasteiger partial charge in [0.25, 0.3) is 0 Å². The average molecular weight is 318 g/mol. The first-order valence-corrected chi connectivity index (χ1v) is 8.48. The van der Waals surface area contributed by atoms with Crippen molar-refractivity contribution in [3.05, 3.63) is 29.3 Å². The van der Waals surface area contributed by atoms with Crippen LogP contribution in [0.15, 0.2) is 18.2 Å². The highest BCUT2D eigenvalue weighted by Crippen LogP contribution is 2.33. The second-order valence-electron chi connectivity index (χ2n) is 6.35. The maximum atomic E-state index is 12.6. The lowest BCUT2D eigenvalue weighted by molar-refractivity contribution is -0.158. The molecule has 2 rings (SSSR count). The molecule has 0 aromatic heterocycles. The molecule has 2 atom stereocenters. The minimum atomic E-state index is -0.395. The molecule has 0 heterocycles. The molecule has 126 valence electrons. The van der Waals surface area contributed by atoms with Gasteiger partial charge in [0.2, 0.25) is 0 Å². The fraction of sp³-hybridized carbons (Fsp3) is 0.579. The summed E-state index contributed by atoms with van der Waals surface area (Å²) in [6, 6.07) is 5.78. The SMILES string of the molecule is CCCOC(=O)C1CCCCC1C(=O)Oc1cc(C)ccc1C. The molecule has 1 aromatic rings. The zero-order valence-electron chi connectivity index (χ0n) is 14.3. The summed E-state index contributed by atoms with van der Waals surface area (Å²) in [7, 11) is 0. The van der Waals surface area contributed by atoms with Gasteiger partial charge in [0.05, 0.1) is 18.4 Å². The highest BCUT2D eigenvalue weighted by atomic mass is 16.5. The zero-order chi connectivity index (χ0) is 16.8. The number of esters is 2. The molecule has 4 nitrogen and oxygen atoms in total. The van der Waals surface area contributed by atoms with Gasteiger partial charge >= 0.3 is 11.9 Å². The van der Waals surface area contributed by atoms with Gasteiger partial charge in [0.1, 0.15) is 5.75 Å². The van der Waals surface area contributed by atoms with E-state index in [1.807, 2.05) is 39.0 Å². The molecular formula is C19H26O4. The van der Waals surface area contributed by atoms with Crippen molar-refractivity contribution in [1.82, 2.24) is 0 Å². The number of ether oxygens (including phenoxy) is 2. The first kappa shape index (κ1) is 17.5. The molecule has 0 bridgehead atoms. The van der Waals surface area contributed by atoms with E-state index in [9.17, 15) is 9.59 Å². The molecule has 1 fully saturated rings. The summed E-state index contributed by atoms with van der Waals surface area (Å²) in [5.74, 6) is -0.742. The first-order valence-electron chi connectivity index (χ1n) is 8.48. The fourth-order valence-electron chi connectivity index (χ4n) is 3.01. The Kier molecular flexibility index (Phi) is 6.20. The predicted octanol–water partition coefficient (Wildman–Crippen LogP) is 3.97. The summed E-state index contributed by atoms with van der Waals surface area (Å²) in [5.41, 5.74) is 1.96. The number of hydrogen-bond acceptors (Lipinski definition) is 4. The number of benzene rings is 1. The van der Waals surface area contributed by atoms with Gasteiger partial charge in [-0.25, -0.2) is 0 Å². The number of aryl methyl sites for hydroxylation is 2. The molecule has 1 aliphatic carbocycles. The number of hydrogen-bond donors (Lipinski definition) is 0. The summed E-state index contributed by atoms with van der Waals surface area (Å²) >= 11 is 0. The van der Waals surface area contributed by atoms with E-state index in [4.69, 9.17) is 9.47 Å². The fourth-order valence-corrected chi connectivity index (χ4v) is 3.01. The van der Waals surface area contributed by atoms with Crippen LogP contribution in [0.1, 0.15) is 50.2 Å². The topological polar surface area (TPSA) is 52.6 Å². The van der Waals surface area contributed by atoms with Crippen LogP contribution in [0.4, 0.5) is 0 Å². The van der Waals surface area contributed by atoms with E-state index in [1.165, 1.54) is 0 Å². The molecule has 0 amide bonds. The summed E-state index contributed by atoms with van der Waals surface area (Å²) in [5, 5.41) is 0. The number of carbonyl (C=O) groups is 2. The maximum absolute atomic E-state index is 12.6. The van der Waals surface area contributed by atoms with E-state index in [2.05, 4.69) is 0 Å². The van der Waals surface area contributed by atoms with Crippen molar-refractivity contribution < 1.29 is 19.1 Å². The Morgan fingerprint density at radius 2 is 1.74 bits per heavy atom. The molecule has 1 aromatic carbocycles. The van der Waals surface area contributed by atoms with Crippen LogP contribution in [0, 0.1) is 25.7 Å². The molecular weight excluding hydrogens is 292 g/mol. The molecule has 0 spiro atoms. The Morgan fingerprint density at radius 1 is 1.09 bits per heavy atom. The standard InChI is InChI=1S/C19H26O4/c1-4-11-22-18(20)15-7-5-6-8-16(15)19(21)23-17-12-13(2)9-10-14(17)3/h9-10,12,15-16H,4-8,11H2,1-3H3. The van der Waals surface area contributed by atoms with Crippen LogP contribution in [0.5, 0.6) is 5.75 Å². The van der Waals surface area contributed by atoms with Crippen molar-refractivity contribution in [3.63, 3.8) is 0 Å². The van der Waals surface area contributed by atoms with Gasteiger partial charge in [-0.05, 0) is 50.3 Å². The molecule has 4 heteroatoms. The summed E-state index contributed by atoms with van der Waals surface area (Å²) < 4.78 is 10.9. The van der Waals surface area contributed by atoms with E-state index in [0.29, 0.717) is 25.2 Å². The third-order valence-electron chi connectivity index (χ3n) is 4.37. The van der Waals surface area contributed by atoms with Crippen LogP contribution < -0.4 is 4.74 Å². The van der Waals surface area contributed by atoms with E-state index in [0.717, 1.165) is 30.4 Å². The van der Waals surface area contributed by atoms with Crippen molar-refractivity contribution in [2.45, 2.75) is 52.9 Å². The second kappa shape index (κ2) is 8.14. The number of rotatable bonds is 5. The second-order valence-corrected chi connectivity index (χ2v) is 6.35. The van der Waals surface area contributed by atoms with Crippen molar-refractivity contribution in [2.75, 3.05) is 6.61 Å². The highest BCUT2D eigenvalue weighted by molar-refractivity contribution is 5.83. The lowest BCUT2D eigenvalue weighted by atomic mass is 9.79. The average Bonchev–Trinajstić information content (AvgIpc) is 2.56.